The van der Waals surface area contributed by atoms with Crippen molar-refractivity contribution in [1.82, 2.24) is 9.88 Å². The van der Waals surface area contributed by atoms with Gasteiger partial charge in [-0.3, -0.25) is 4.79 Å². The number of benzene rings is 1. The van der Waals surface area contributed by atoms with Crippen molar-refractivity contribution < 1.29 is 14.3 Å². The molecule has 0 radical (unpaired) electrons. The number of aromatic amines is 1. The van der Waals surface area contributed by atoms with E-state index >= 15 is 0 Å². The fourth-order valence-corrected chi connectivity index (χ4v) is 4.28. The number of ether oxygens (including phenoxy) is 1. The van der Waals surface area contributed by atoms with Crippen molar-refractivity contribution in [2.75, 3.05) is 43.1 Å². The minimum atomic E-state index is -0.469. The third kappa shape index (κ3) is 4.61. The molecule has 1 aromatic carbocycles. The molecular formula is C18H22BrN3O3S. The summed E-state index contributed by atoms with van der Waals surface area (Å²) in [6.45, 7) is 4.80. The molecule has 0 bridgehead atoms. The predicted molar refractivity (Wildman–Crippen MR) is 109 cm³/mol. The molecule has 0 unspecified atom stereocenters. The first-order valence-corrected chi connectivity index (χ1v) is 10.6. The molecule has 0 atom stereocenters. The van der Waals surface area contributed by atoms with Gasteiger partial charge in [0.25, 0.3) is 0 Å². The molecule has 0 spiro atoms. The van der Waals surface area contributed by atoms with Crippen LogP contribution in [0.5, 0.6) is 0 Å². The first-order chi connectivity index (χ1) is 12.6. The molecule has 26 heavy (non-hydrogen) atoms. The fourth-order valence-electron chi connectivity index (χ4n) is 2.94. The van der Waals surface area contributed by atoms with Gasteiger partial charge in [0.05, 0.1) is 12.3 Å². The van der Waals surface area contributed by atoms with E-state index < -0.39 is 5.97 Å². The Kier molecular flexibility index (Phi) is 6.61. The number of thioether (sulfide) groups is 1. The van der Waals surface area contributed by atoms with E-state index in [-0.39, 0.29) is 18.2 Å². The highest BCUT2D eigenvalue weighted by Crippen LogP contribution is 2.31. The lowest BCUT2D eigenvalue weighted by Gasteiger charge is -2.25. The van der Waals surface area contributed by atoms with Crippen molar-refractivity contribution in [2.24, 2.45) is 0 Å². The molecule has 8 heteroatoms. The smallest absolute Gasteiger partial charge is 0.356 e. The van der Waals surface area contributed by atoms with Crippen LogP contribution >= 0.6 is 27.7 Å². The highest BCUT2D eigenvalue weighted by atomic mass is 79.9. The molecule has 6 nitrogen and oxygen atoms in total. The zero-order valence-corrected chi connectivity index (χ0v) is 17.0. The summed E-state index contributed by atoms with van der Waals surface area (Å²) in [5, 5.41) is 3.70. The molecule has 1 aliphatic heterocycles. The van der Waals surface area contributed by atoms with E-state index in [4.69, 9.17) is 4.74 Å². The lowest BCUT2D eigenvalue weighted by atomic mass is 10.2. The minimum absolute atomic E-state index is 0.102. The quantitative estimate of drug-likeness (QED) is 0.673. The van der Waals surface area contributed by atoms with Crippen LogP contribution in [0.2, 0.25) is 0 Å². The number of fused-ring (bicyclic) bond motifs is 1. The second kappa shape index (κ2) is 8.92. The molecule has 1 saturated heterocycles. The Morgan fingerprint density at radius 3 is 2.85 bits per heavy atom. The summed E-state index contributed by atoms with van der Waals surface area (Å²) < 4.78 is 6.00. The first-order valence-electron chi connectivity index (χ1n) is 8.66. The van der Waals surface area contributed by atoms with Gasteiger partial charge in [-0.05, 0) is 25.1 Å². The number of esters is 1. The Morgan fingerprint density at radius 1 is 1.35 bits per heavy atom. The van der Waals surface area contributed by atoms with Gasteiger partial charge in [-0.2, -0.15) is 11.8 Å². The van der Waals surface area contributed by atoms with Crippen LogP contribution in [0.3, 0.4) is 0 Å². The molecule has 1 aromatic heterocycles. The normalized spacial score (nSPS) is 15.2. The number of halogens is 1. The van der Waals surface area contributed by atoms with Gasteiger partial charge in [-0.1, -0.05) is 15.9 Å². The van der Waals surface area contributed by atoms with E-state index in [0.29, 0.717) is 12.1 Å². The minimum Gasteiger partial charge on any atom is -0.461 e. The lowest BCUT2D eigenvalue weighted by Crippen LogP contribution is -2.35. The number of nitrogens with one attached hydrogen (secondary N) is 2. The molecule has 1 fully saturated rings. The number of amides is 1. The molecule has 1 aliphatic rings. The van der Waals surface area contributed by atoms with Crippen molar-refractivity contribution in [3.63, 3.8) is 0 Å². The van der Waals surface area contributed by atoms with Crippen LogP contribution in [0.4, 0.5) is 5.69 Å². The average molecular weight is 440 g/mol. The van der Waals surface area contributed by atoms with Crippen molar-refractivity contribution in [3.05, 3.63) is 28.4 Å². The number of nitrogens with zero attached hydrogens (tertiary/aromatic N) is 1. The third-order valence-electron chi connectivity index (χ3n) is 4.26. The maximum absolute atomic E-state index is 12.5. The van der Waals surface area contributed by atoms with Gasteiger partial charge >= 0.3 is 5.97 Å². The van der Waals surface area contributed by atoms with Crippen LogP contribution < -0.4 is 5.32 Å². The summed E-state index contributed by atoms with van der Waals surface area (Å²) in [5.41, 5.74) is 1.54. The van der Waals surface area contributed by atoms with E-state index in [1.165, 1.54) is 0 Å². The summed E-state index contributed by atoms with van der Waals surface area (Å²) in [5.74, 6) is 1.66. The zero-order valence-electron chi connectivity index (χ0n) is 14.6. The van der Waals surface area contributed by atoms with E-state index in [1.54, 1.807) is 6.92 Å². The zero-order chi connectivity index (χ0) is 18.5. The van der Waals surface area contributed by atoms with Crippen molar-refractivity contribution in [1.29, 1.82) is 0 Å². The summed E-state index contributed by atoms with van der Waals surface area (Å²) in [6, 6.07) is 5.63. The van der Waals surface area contributed by atoms with Gasteiger partial charge in [-0.15, -0.1) is 0 Å². The Balaban J connectivity index is 1.77. The maximum atomic E-state index is 12.5. The van der Waals surface area contributed by atoms with Gasteiger partial charge in [0.1, 0.15) is 5.69 Å². The second-order valence-electron chi connectivity index (χ2n) is 6.04. The van der Waals surface area contributed by atoms with Crippen molar-refractivity contribution in [2.45, 2.75) is 13.3 Å². The second-order valence-corrected chi connectivity index (χ2v) is 8.18. The monoisotopic (exact) mass is 439 g/mol. The van der Waals surface area contributed by atoms with Gasteiger partial charge in [0, 0.05) is 52.9 Å². The highest BCUT2D eigenvalue weighted by Gasteiger charge is 2.21. The van der Waals surface area contributed by atoms with Crippen LogP contribution in [0.1, 0.15) is 23.8 Å². The van der Waals surface area contributed by atoms with E-state index in [0.717, 1.165) is 46.5 Å². The first kappa shape index (κ1) is 19.3. The lowest BCUT2D eigenvalue weighted by molar-refractivity contribution is -0.116. The highest BCUT2D eigenvalue weighted by molar-refractivity contribution is 9.10. The van der Waals surface area contributed by atoms with Gasteiger partial charge in [0.15, 0.2) is 0 Å². The molecule has 2 aromatic rings. The summed E-state index contributed by atoms with van der Waals surface area (Å²) >= 11 is 5.39. The molecule has 0 aliphatic carbocycles. The molecule has 140 valence electrons. The summed E-state index contributed by atoms with van der Waals surface area (Å²) in [4.78, 5) is 30.1. The number of H-pyrrole nitrogens is 1. The number of rotatable bonds is 6. The Morgan fingerprint density at radius 2 is 2.12 bits per heavy atom. The van der Waals surface area contributed by atoms with Gasteiger partial charge < -0.3 is 19.9 Å². The number of anilines is 1. The van der Waals surface area contributed by atoms with E-state index in [9.17, 15) is 9.59 Å². The number of carbonyl (C=O) groups excluding carboxylic acids is 2. The van der Waals surface area contributed by atoms with Crippen molar-refractivity contribution in [3.8, 4) is 0 Å². The summed E-state index contributed by atoms with van der Waals surface area (Å²) in [7, 11) is 0. The van der Waals surface area contributed by atoms with Crippen LogP contribution in [0.15, 0.2) is 22.7 Å². The summed E-state index contributed by atoms with van der Waals surface area (Å²) in [6.07, 6.45) is 0.396. The molecular weight excluding hydrogens is 418 g/mol. The Bertz CT molecular complexity index is 802. The van der Waals surface area contributed by atoms with E-state index in [2.05, 4.69) is 31.1 Å². The maximum Gasteiger partial charge on any atom is 0.356 e. The largest absolute Gasteiger partial charge is 0.461 e. The molecule has 2 heterocycles. The molecule has 0 saturated carbocycles. The number of hydrogen-bond donors (Lipinski definition) is 2. The average Bonchev–Trinajstić information content (AvgIpc) is 2.99. The standard InChI is InChI=1S/C18H22BrN3O3S/c1-2-25-18(24)17-16(13-11-12(19)3-4-14(13)20-17)21-15(23)5-6-22-7-9-26-10-8-22/h3-4,11,20H,2,5-10H2,1H3,(H,21,23). The predicted octanol–water partition coefficient (Wildman–Crippen LogP) is 3.48. The SMILES string of the molecule is CCOC(=O)c1[nH]c2ccc(Br)cc2c1NC(=O)CCN1CCSCC1. The fraction of sp³-hybridized carbons (Fsp3) is 0.444. The number of carbonyl (C=O) groups is 2. The molecule has 2 N–H and O–H groups in total. The number of aromatic nitrogens is 1. The third-order valence-corrected chi connectivity index (χ3v) is 5.70. The van der Waals surface area contributed by atoms with Crippen LogP contribution in [-0.2, 0) is 9.53 Å². The number of hydrogen-bond acceptors (Lipinski definition) is 5. The van der Waals surface area contributed by atoms with Crippen LogP contribution in [0.25, 0.3) is 10.9 Å². The van der Waals surface area contributed by atoms with Gasteiger partial charge in [-0.25, -0.2) is 4.79 Å². The van der Waals surface area contributed by atoms with Crippen molar-refractivity contribution >= 4 is 56.2 Å². The Hall–Kier alpha value is -1.51. The van der Waals surface area contributed by atoms with Gasteiger partial charge in [0.2, 0.25) is 5.91 Å². The van der Waals surface area contributed by atoms with E-state index in [1.807, 2.05) is 30.0 Å². The molecule has 3 rings (SSSR count). The van der Waals surface area contributed by atoms with Crippen LogP contribution in [0, 0.1) is 0 Å². The topological polar surface area (TPSA) is 74.4 Å². The van der Waals surface area contributed by atoms with Crippen LogP contribution in [-0.4, -0.2) is 59.5 Å². The molecule has 1 amide bonds. The Labute approximate surface area is 165 Å².